The van der Waals surface area contributed by atoms with Crippen molar-refractivity contribution in [1.29, 1.82) is 5.26 Å². The van der Waals surface area contributed by atoms with Crippen molar-refractivity contribution >= 4 is 17.7 Å². The molecule has 1 N–H and O–H groups in total. The fourth-order valence-corrected chi connectivity index (χ4v) is 3.72. The zero-order valence-electron chi connectivity index (χ0n) is 19.2. The number of aryl methyl sites for hydroxylation is 4. The molecule has 0 radical (unpaired) electrons. The third-order valence-electron chi connectivity index (χ3n) is 5.43. The maximum absolute atomic E-state index is 12.6. The minimum atomic E-state index is -0.436. The van der Waals surface area contributed by atoms with Gasteiger partial charge in [-0.2, -0.15) is 5.26 Å². The molecule has 0 saturated carbocycles. The van der Waals surface area contributed by atoms with Gasteiger partial charge in [0.1, 0.15) is 17.4 Å². The first-order chi connectivity index (χ1) is 15.3. The van der Waals surface area contributed by atoms with Gasteiger partial charge in [-0.05, 0) is 79.8 Å². The van der Waals surface area contributed by atoms with Crippen molar-refractivity contribution in [2.24, 2.45) is 0 Å². The molecule has 0 saturated heterocycles. The summed E-state index contributed by atoms with van der Waals surface area (Å²) in [6, 6.07) is 19.9. The van der Waals surface area contributed by atoms with Crippen LogP contribution in [-0.4, -0.2) is 13.0 Å². The highest BCUT2D eigenvalue weighted by Crippen LogP contribution is 2.25. The van der Waals surface area contributed by atoms with Crippen molar-refractivity contribution in [3.63, 3.8) is 0 Å². The SMILES string of the molecule is COc1cc(/C=C(\C#N)C(=O)Nc2ccc(C)c(C)c2)ccc1Cc1cc(C)cc(C)c1. The Morgan fingerprint density at radius 3 is 2.31 bits per heavy atom. The van der Waals surface area contributed by atoms with E-state index >= 15 is 0 Å². The molecule has 0 fully saturated rings. The van der Waals surface area contributed by atoms with Crippen molar-refractivity contribution in [3.8, 4) is 11.8 Å². The fraction of sp³-hybridized carbons (Fsp3) is 0.214. The first kappa shape index (κ1) is 22.8. The van der Waals surface area contributed by atoms with E-state index in [1.807, 2.05) is 56.3 Å². The number of hydrogen-bond donors (Lipinski definition) is 1. The molecule has 4 heteroatoms. The molecule has 32 heavy (non-hydrogen) atoms. The Balaban J connectivity index is 1.83. The Kier molecular flexibility index (Phi) is 7.12. The molecule has 3 aromatic rings. The number of nitrogens with zero attached hydrogens (tertiary/aromatic N) is 1. The maximum atomic E-state index is 12.6. The van der Waals surface area contributed by atoms with Crippen LogP contribution in [0.1, 0.15) is 38.9 Å². The number of carbonyl (C=O) groups is 1. The van der Waals surface area contributed by atoms with Gasteiger partial charge in [-0.25, -0.2) is 0 Å². The largest absolute Gasteiger partial charge is 0.496 e. The molecule has 3 aromatic carbocycles. The van der Waals surface area contributed by atoms with Crippen LogP contribution in [0.25, 0.3) is 6.08 Å². The van der Waals surface area contributed by atoms with Crippen molar-refractivity contribution in [1.82, 2.24) is 0 Å². The van der Waals surface area contributed by atoms with Crippen LogP contribution in [0.5, 0.6) is 5.75 Å². The quantitative estimate of drug-likeness (QED) is 0.386. The van der Waals surface area contributed by atoms with Gasteiger partial charge >= 0.3 is 0 Å². The number of carbonyl (C=O) groups excluding carboxylic acids is 1. The second-order valence-electron chi connectivity index (χ2n) is 8.17. The highest BCUT2D eigenvalue weighted by atomic mass is 16.5. The molecule has 1 amide bonds. The number of ether oxygens (including phenoxy) is 1. The van der Waals surface area contributed by atoms with Gasteiger partial charge in [-0.1, -0.05) is 47.5 Å². The Labute approximate surface area is 190 Å². The minimum Gasteiger partial charge on any atom is -0.496 e. The van der Waals surface area contributed by atoms with Crippen molar-refractivity contribution < 1.29 is 9.53 Å². The molecule has 0 aliphatic heterocycles. The Bertz CT molecular complexity index is 1210. The smallest absolute Gasteiger partial charge is 0.266 e. The molecule has 0 bridgehead atoms. The van der Waals surface area contributed by atoms with Crippen LogP contribution in [-0.2, 0) is 11.2 Å². The topological polar surface area (TPSA) is 62.1 Å². The zero-order chi connectivity index (χ0) is 23.3. The Morgan fingerprint density at radius 2 is 1.69 bits per heavy atom. The zero-order valence-corrected chi connectivity index (χ0v) is 19.2. The number of nitriles is 1. The molecule has 0 unspecified atom stereocenters. The summed E-state index contributed by atoms with van der Waals surface area (Å²) in [5.74, 6) is 0.291. The second kappa shape index (κ2) is 9.98. The Morgan fingerprint density at radius 1 is 0.969 bits per heavy atom. The van der Waals surface area contributed by atoms with E-state index < -0.39 is 5.91 Å². The number of methoxy groups -OCH3 is 1. The standard InChI is InChI=1S/C28H28N2O2/c1-18-10-19(2)12-23(11-18)15-24-8-7-22(16-27(24)32-5)14-25(17-29)28(31)30-26-9-6-20(3)21(4)13-26/h6-14,16H,15H2,1-5H3,(H,30,31)/b25-14+. The van der Waals surface area contributed by atoms with Gasteiger partial charge in [-0.15, -0.1) is 0 Å². The van der Waals surface area contributed by atoms with Crippen LogP contribution in [0.4, 0.5) is 5.69 Å². The molecule has 162 valence electrons. The van der Waals surface area contributed by atoms with E-state index in [1.165, 1.54) is 16.7 Å². The molecule has 0 atom stereocenters. The third kappa shape index (κ3) is 5.65. The summed E-state index contributed by atoms with van der Waals surface area (Å²) in [6.07, 6.45) is 2.33. The first-order valence-corrected chi connectivity index (χ1v) is 10.5. The third-order valence-corrected chi connectivity index (χ3v) is 5.43. The van der Waals surface area contributed by atoms with Crippen LogP contribution >= 0.6 is 0 Å². The van der Waals surface area contributed by atoms with Gasteiger partial charge < -0.3 is 10.1 Å². The molecule has 3 rings (SSSR count). The molecule has 0 aromatic heterocycles. The molecule has 0 spiro atoms. The monoisotopic (exact) mass is 424 g/mol. The van der Waals surface area contributed by atoms with E-state index in [2.05, 4.69) is 37.4 Å². The van der Waals surface area contributed by atoms with Crippen LogP contribution in [0.15, 0.2) is 60.2 Å². The van der Waals surface area contributed by atoms with Gasteiger partial charge in [0.2, 0.25) is 0 Å². The summed E-state index contributed by atoms with van der Waals surface area (Å²) in [6.45, 7) is 8.18. The molecular weight excluding hydrogens is 396 g/mol. The summed E-state index contributed by atoms with van der Waals surface area (Å²) in [4.78, 5) is 12.6. The lowest BCUT2D eigenvalue weighted by molar-refractivity contribution is -0.112. The molecular formula is C28H28N2O2. The lowest BCUT2D eigenvalue weighted by atomic mass is 9.98. The van der Waals surface area contributed by atoms with Gasteiger partial charge in [0.05, 0.1) is 7.11 Å². The number of rotatable bonds is 6. The second-order valence-corrected chi connectivity index (χ2v) is 8.17. The highest BCUT2D eigenvalue weighted by Gasteiger charge is 2.12. The van der Waals surface area contributed by atoms with Crippen molar-refractivity contribution in [3.05, 3.63) is 99.1 Å². The lowest BCUT2D eigenvalue weighted by Crippen LogP contribution is -2.13. The number of amides is 1. The summed E-state index contributed by atoms with van der Waals surface area (Å²) in [7, 11) is 1.63. The average Bonchev–Trinajstić information content (AvgIpc) is 2.74. The van der Waals surface area contributed by atoms with Crippen molar-refractivity contribution in [2.45, 2.75) is 34.1 Å². The van der Waals surface area contributed by atoms with Crippen molar-refractivity contribution in [2.75, 3.05) is 12.4 Å². The van der Waals surface area contributed by atoms with E-state index in [0.717, 1.165) is 34.4 Å². The fourth-order valence-electron chi connectivity index (χ4n) is 3.72. The van der Waals surface area contributed by atoms with E-state index in [-0.39, 0.29) is 5.57 Å². The Hall–Kier alpha value is -3.84. The molecule has 4 nitrogen and oxygen atoms in total. The van der Waals surface area contributed by atoms with Crippen LogP contribution in [0.3, 0.4) is 0 Å². The highest BCUT2D eigenvalue weighted by molar-refractivity contribution is 6.09. The normalized spacial score (nSPS) is 11.1. The van der Waals surface area contributed by atoms with Crippen LogP contribution < -0.4 is 10.1 Å². The van der Waals surface area contributed by atoms with E-state index in [9.17, 15) is 10.1 Å². The van der Waals surface area contributed by atoms with Gasteiger partial charge in [0.25, 0.3) is 5.91 Å². The summed E-state index contributed by atoms with van der Waals surface area (Å²) < 4.78 is 5.60. The van der Waals surface area contributed by atoms with Crippen LogP contribution in [0.2, 0.25) is 0 Å². The van der Waals surface area contributed by atoms with Gasteiger partial charge in [-0.3, -0.25) is 4.79 Å². The molecule has 0 aliphatic carbocycles. The predicted octanol–water partition coefficient (Wildman–Crippen LogP) is 6.07. The minimum absolute atomic E-state index is 0.0346. The van der Waals surface area contributed by atoms with Gasteiger partial charge in [0.15, 0.2) is 0 Å². The summed E-state index contributed by atoms with van der Waals surface area (Å²) >= 11 is 0. The number of anilines is 1. The van der Waals surface area contributed by atoms with Crippen LogP contribution in [0, 0.1) is 39.0 Å². The predicted molar refractivity (Wildman–Crippen MR) is 130 cm³/mol. The summed E-state index contributed by atoms with van der Waals surface area (Å²) in [5, 5.41) is 12.4. The first-order valence-electron chi connectivity index (χ1n) is 10.5. The average molecular weight is 425 g/mol. The number of hydrogen-bond acceptors (Lipinski definition) is 3. The number of nitrogens with one attached hydrogen (secondary N) is 1. The molecule has 0 heterocycles. The van der Waals surface area contributed by atoms with E-state index in [4.69, 9.17) is 4.74 Å². The number of benzene rings is 3. The lowest BCUT2D eigenvalue weighted by Gasteiger charge is -2.11. The summed E-state index contributed by atoms with van der Waals surface area (Å²) in [5.41, 5.74) is 8.38. The van der Waals surface area contributed by atoms with E-state index in [1.54, 1.807) is 13.2 Å². The van der Waals surface area contributed by atoms with E-state index in [0.29, 0.717) is 5.69 Å². The van der Waals surface area contributed by atoms with Gasteiger partial charge in [0, 0.05) is 12.1 Å². The molecule has 0 aliphatic rings. The maximum Gasteiger partial charge on any atom is 0.266 e.